The standard InChI is InChI=1S/C14H18FN3O/c1-3-16-9-12-6-7-17-18(12)10-11-4-5-14(19-2)13(15)8-11/h4-8,16H,3,9-10H2,1-2H3. The summed E-state index contributed by atoms with van der Waals surface area (Å²) in [4.78, 5) is 0. The molecule has 0 amide bonds. The molecule has 0 bridgehead atoms. The molecule has 5 heteroatoms. The lowest BCUT2D eigenvalue weighted by atomic mass is 10.2. The number of nitrogens with zero attached hydrogens (tertiary/aromatic N) is 2. The summed E-state index contributed by atoms with van der Waals surface area (Å²) in [5, 5.41) is 7.51. The van der Waals surface area contributed by atoms with Crippen LogP contribution in [0.15, 0.2) is 30.5 Å². The summed E-state index contributed by atoms with van der Waals surface area (Å²) in [6.07, 6.45) is 1.76. The van der Waals surface area contributed by atoms with Gasteiger partial charge in [-0.2, -0.15) is 5.10 Å². The molecule has 102 valence electrons. The van der Waals surface area contributed by atoms with Gasteiger partial charge in [-0.3, -0.25) is 4.68 Å². The third kappa shape index (κ3) is 3.32. The van der Waals surface area contributed by atoms with Gasteiger partial charge in [0.1, 0.15) is 0 Å². The normalized spacial score (nSPS) is 10.7. The first kappa shape index (κ1) is 13.5. The van der Waals surface area contributed by atoms with Gasteiger partial charge >= 0.3 is 0 Å². The maximum atomic E-state index is 13.6. The van der Waals surface area contributed by atoms with E-state index in [9.17, 15) is 4.39 Å². The highest BCUT2D eigenvalue weighted by atomic mass is 19.1. The van der Waals surface area contributed by atoms with Crippen molar-refractivity contribution in [2.24, 2.45) is 0 Å². The van der Waals surface area contributed by atoms with Crippen molar-refractivity contribution in [3.63, 3.8) is 0 Å². The first-order valence-corrected chi connectivity index (χ1v) is 6.28. The van der Waals surface area contributed by atoms with Crippen LogP contribution in [0.1, 0.15) is 18.2 Å². The van der Waals surface area contributed by atoms with Gasteiger partial charge in [0.2, 0.25) is 0 Å². The number of halogens is 1. The molecule has 0 aliphatic rings. The number of hydrogen-bond acceptors (Lipinski definition) is 3. The molecule has 0 unspecified atom stereocenters. The second kappa shape index (κ2) is 6.33. The van der Waals surface area contributed by atoms with Gasteiger partial charge in [0.05, 0.1) is 19.3 Å². The molecule has 0 spiro atoms. The molecule has 2 aromatic rings. The minimum Gasteiger partial charge on any atom is -0.494 e. The maximum Gasteiger partial charge on any atom is 0.165 e. The third-order valence-corrected chi connectivity index (χ3v) is 2.91. The summed E-state index contributed by atoms with van der Waals surface area (Å²) in [7, 11) is 1.46. The molecular formula is C14H18FN3O. The van der Waals surface area contributed by atoms with E-state index in [2.05, 4.69) is 17.3 Å². The lowest BCUT2D eigenvalue weighted by Crippen LogP contribution is -2.16. The molecule has 1 heterocycles. The lowest BCUT2D eigenvalue weighted by Gasteiger charge is -2.09. The number of hydrogen-bond donors (Lipinski definition) is 1. The highest BCUT2D eigenvalue weighted by molar-refractivity contribution is 5.29. The van der Waals surface area contributed by atoms with Crippen LogP contribution in [0, 0.1) is 5.82 Å². The quantitative estimate of drug-likeness (QED) is 0.868. The number of rotatable bonds is 6. The third-order valence-electron chi connectivity index (χ3n) is 2.91. The summed E-state index contributed by atoms with van der Waals surface area (Å²) in [6, 6.07) is 6.93. The number of ether oxygens (including phenoxy) is 1. The van der Waals surface area contributed by atoms with Crippen molar-refractivity contribution in [2.45, 2.75) is 20.0 Å². The monoisotopic (exact) mass is 263 g/mol. The highest BCUT2D eigenvalue weighted by Gasteiger charge is 2.06. The van der Waals surface area contributed by atoms with Crippen molar-refractivity contribution < 1.29 is 9.13 Å². The second-order valence-corrected chi connectivity index (χ2v) is 4.23. The molecule has 0 radical (unpaired) electrons. The molecule has 2 rings (SSSR count). The van der Waals surface area contributed by atoms with Crippen LogP contribution in [0.3, 0.4) is 0 Å². The van der Waals surface area contributed by atoms with Gasteiger partial charge in [0.25, 0.3) is 0 Å². The molecule has 1 aromatic heterocycles. The van der Waals surface area contributed by atoms with E-state index >= 15 is 0 Å². The Bertz CT molecular complexity index is 539. The van der Waals surface area contributed by atoms with E-state index in [1.165, 1.54) is 13.2 Å². The Morgan fingerprint density at radius 1 is 1.37 bits per heavy atom. The predicted octanol–water partition coefficient (Wildman–Crippen LogP) is 2.19. The van der Waals surface area contributed by atoms with Crippen molar-refractivity contribution in [1.82, 2.24) is 15.1 Å². The van der Waals surface area contributed by atoms with E-state index in [0.717, 1.165) is 24.3 Å². The fourth-order valence-corrected chi connectivity index (χ4v) is 1.89. The molecule has 0 aliphatic carbocycles. The molecule has 0 saturated heterocycles. The van der Waals surface area contributed by atoms with Crippen molar-refractivity contribution in [3.8, 4) is 5.75 Å². The molecule has 19 heavy (non-hydrogen) atoms. The van der Waals surface area contributed by atoms with Crippen molar-refractivity contribution in [1.29, 1.82) is 0 Å². The van der Waals surface area contributed by atoms with Crippen LogP contribution in [0.2, 0.25) is 0 Å². The van der Waals surface area contributed by atoms with Crippen LogP contribution in [0.4, 0.5) is 4.39 Å². The zero-order chi connectivity index (χ0) is 13.7. The Balaban J connectivity index is 2.12. The fourth-order valence-electron chi connectivity index (χ4n) is 1.89. The van der Waals surface area contributed by atoms with E-state index in [4.69, 9.17) is 4.74 Å². The summed E-state index contributed by atoms with van der Waals surface area (Å²) >= 11 is 0. The molecule has 1 aromatic carbocycles. The van der Waals surface area contributed by atoms with Gasteiger partial charge in [-0.25, -0.2) is 4.39 Å². The van der Waals surface area contributed by atoms with E-state index < -0.39 is 0 Å². The number of aromatic nitrogens is 2. The van der Waals surface area contributed by atoms with Crippen LogP contribution in [-0.2, 0) is 13.1 Å². The molecule has 0 atom stereocenters. The van der Waals surface area contributed by atoms with Gasteiger partial charge in [-0.05, 0) is 30.3 Å². The van der Waals surface area contributed by atoms with E-state index in [1.54, 1.807) is 12.3 Å². The van der Waals surface area contributed by atoms with Gasteiger partial charge in [-0.15, -0.1) is 0 Å². The minimum absolute atomic E-state index is 0.261. The minimum atomic E-state index is -0.347. The van der Waals surface area contributed by atoms with Gasteiger partial charge < -0.3 is 10.1 Å². The second-order valence-electron chi connectivity index (χ2n) is 4.23. The molecule has 1 N–H and O–H groups in total. The van der Waals surface area contributed by atoms with Crippen molar-refractivity contribution in [2.75, 3.05) is 13.7 Å². The average molecular weight is 263 g/mol. The first-order chi connectivity index (χ1) is 9.24. The van der Waals surface area contributed by atoms with Crippen molar-refractivity contribution in [3.05, 3.63) is 47.5 Å². The Labute approximate surface area is 112 Å². The number of methoxy groups -OCH3 is 1. The lowest BCUT2D eigenvalue weighted by molar-refractivity contribution is 0.386. The molecule has 0 aliphatic heterocycles. The Kier molecular flexibility index (Phi) is 4.52. The van der Waals surface area contributed by atoms with Crippen LogP contribution in [-0.4, -0.2) is 23.4 Å². The summed E-state index contributed by atoms with van der Waals surface area (Å²) in [5.41, 5.74) is 1.94. The summed E-state index contributed by atoms with van der Waals surface area (Å²) in [5.74, 6) is -0.0857. The van der Waals surface area contributed by atoms with E-state index in [1.807, 2.05) is 16.8 Å². The van der Waals surface area contributed by atoms with E-state index in [-0.39, 0.29) is 11.6 Å². The zero-order valence-corrected chi connectivity index (χ0v) is 11.2. The van der Waals surface area contributed by atoms with Gasteiger partial charge in [0, 0.05) is 12.7 Å². The van der Waals surface area contributed by atoms with Gasteiger partial charge in [0.15, 0.2) is 11.6 Å². The number of benzene rings is 1. The SMILES string of the molecule is CCNCc1ccnn1Cc1ccc(OC)c(F)c1. The summed E-state index contributed by atoms with van der Waals surface area (Å²) in [6.45, 7) is 4.27. The topological polar surface area (TPSA) is 39.1 Å². The fraction of sp³-hybridized carbons (Fsp3) is 0.357. The molecular weight excluding hydrogens is 245 g/mol. The largest absolute Gasteiger partial charge is 0.494 e. The predicted molar refractivity (Wildman–Crippen MR) is 71.7 cm³/mol. The van der Waals surface area contributed by atoms with Crippen LogP contribution in [0.5, 0.6) is 5.75 Å². The van der Waals surface area contributed by atoms with Crippen molar-refractivity contribution >= 4 is 0 Å². The van der Waals surface area contributed by atoms with Crippen LogP contribution < -0.4 is 10.1 Å². The van der Waals surface area contributed by atoms with E-state index in [0.29, 0.717) is 6.54 Å². The summed E-state index contributed by atoms with van der Waals surface area (Å²) < 4.78 is 20.4. The Morgan fingerprint density at radius 2 is 2.21 bits per heavy atom. The average Bonchev–Trinajstić information content (AvgIpc) is 2.84. The van der Waals surface area contributed by atoms with Crippen LogP contribution >= 0.6 is 0 Å². The smallest absolute Gasteiger partial charge is 0.165 e. The maximum absolute atomic E-state index is 13.6. The number of nitrogens with one attached hydrogen (secondary N) is 1. The zero-order valence-electron chi connectivity index (χ0n) is 11.2. The Hall–Kier alpha value is -1.88. The first-order valence-electron chi connectivity index (χ1n) is 6.28. The molecule has 0 saturated carbocycles. The molecule has 0 fully saturated rings. The Morgan fingerprint density at radius 3 is 2.89 bits per heavy atom. The van der Waals surface area contributed by atoms with Gasteiger partial charge in [-0.1, -0.05) is 13.0 Å². The molecule has 4 nitrogen and oxygen atoms in total. The highest BCUT2D eigenvalue weighted by Crippen LogP contribution is 2.18. The van der Waals surface area contributed by atoms with Crippen LogP contribution in [0.25, 0.3) is 0 Å².